The Hall–Kier alpha value is -3.30. The lowest BCUT2D eigenvalue weighted by Gasteiger charge is -2.43. The zero-order chi connectivity index (χ0) is 30.1. The Balaban J connectivity index is 1.61. The summed E-state index contributed by atoms with van der Waals surface area (Å²) in [6.45, 7) is 2.38. The smallest absolute Gasteiger partial charge is 0.416 e. The molecule has 0 aromatic heterocycles. The van der Waals surface area contributed by atoms with E-state index in [-0.39, 0.29) is 24.8 Å². The molecule has 3 unspecified atom stereocenters. The van der Waals surface area contributed by atoms with Crippen molar-refractivity contribution < 1.29 is 45.6 Å². The van der Waals surface area contributed by atoms with E-state index in [9.17, 15) is 31.5 Å². The van der Waals surface area contributed by atoms with Crippen molar-refractivity contribution in [2.24, 2.45) is 0 Å². The molecule has 3 heterocycles. The largest absolute Gasteiger partial charge is 0.629 e. The molecule has 0 aliphatic carbocycles. The van der Waals surface area contributed by atoms with Crippen LogP contribution >= 0.6 is 0 Å². The maximum absolute atomic E-state index is 13.6. The van der Waals surface area contributed by atoms with Crippen LogP contribution in [0.2, 0.25) is 0 Å². The monoisotopic (exact) mass is 600 g/mol. The molecular weight excluding hydrogens is 570 g/mol. The predicted molar refractivity (Wildman–Crippen MR) is 140 cm³/mol. The van der Waals surface area contributed by atoms with Gasteiger partial charge < -0.3 is 24.5 Å². The number of nitrogens with zero attached hydrogens (tertiary/aromatic N) is 2. The SMILES string of the molecule is COc1ccccc1N1CNCC2=C1OC(N1CCOCC1)/C=C\[NH+]([O-])C2Cc1cc(C(F)(F)F)cc(C(F)(F)F)c1. The highest BCUT2D eigenvalue weighted by Gasteiger charge is 2.39. The van der Waals surface area contributed by atoms with E-state index in [1.165, 1.54) is 13.3 Å². The molecule has 0 radical (unpaired) electrons. The molecule has 1 saturated heterocycles. The van der Waals surface area contributed by atoms with Crippen LogP contribution in [-0.4, -0.2) is 63.8 Å². The molecular formula is C28H30F6N4O4. The lowest BCUT2D eigenvalue weighted by atomic mass is 9.94. The molecule has 2 aromatic rings. The average Bonchev–Trinajstić information content (AvgIpc) is 2.96. The van der Waals surface area contributed by atoms with E-state index >= 15 is 0 Å². The van der Waals surface area contributed by atoms with E-state index in [1.807, 2.05) is 4.90 Å². The zero-order valence-electron chi connectivity index (χ0n) is 22.6. The van der Waals surface area contributed by atoms with Crippen molar-refractivity contribution in [3.8, 4) is 5.75 Å². The molecule has 3 aliphatic rings. The third kappa shape index (κ3) is 6.52. The first-order valence-electron chi connectivity index (χ1n) is 13.3. The molecule has 2 aromatic carbocycles. The number of alkyl halides is 6. The van der Waals surface area contributed by atoms with Crippen molar-refractivity contribution in [2.45, 2.75) is 31.0 Å². The normalized spacial score (nSPS) is 24.9. The molecule has 5 rings (SSSR count). The Labute approximate surface area is 238 Å². The van der Waals surface area contributed by atoms with Gasteiger partial charge in [-0.3, -0.25) is 15.1 Å². The first-order valence-corrected chi connectivity index (χ1v) is 13.3. The number of benzene rings is 2. The van der Waals surface area contributed by atoms with Gasteiger partial charge >= 0.3 is 12.4 Å². The van der Waals surface area contributed by atoms with Crippen LogP contribution in [0.4, 0.5) is 32.0 Å². The quantitative estimate of drug-likeness (QED) is 0.402. The van der Waals surface area contributed by atoms with E-state index in [0.29, 0.717) is 61.3 Å². The molecule has 14 heteroatoms. The first-order chi connectivity index (χ1) is 20.0. The molecule has 0 bridgehead atoms. The second-order valence-corrected chi connectivity index (χ2v) is 10.1. The number of rotatable bonds is 5. The van der Waals surface area contributed by atoms with Crippen molar-refractivity contribution >= 4 is 5.69 Å². The van der Waals surface area contributed by atoms with Gasteiger partial charge in [-0.2, -0.15) is 26.3 Å². The van der Waals surface area contributed by atoms with Crippen LogP contribution in [-0.2, 0) is 28.2 Å². The maximum Gasteiger partial charge on any atom is 0.416 e. The number of hydrogen-bond donors (Lipinski definition) is 2. The van der Waals surface area contributed by atoms with Crippen LogP contribution < -0.4 is 20.0 Å². The van der Waals surface area contributed by atoms with Gasteiger partial charge in [0, 0.05) is 32.1 Å². The topological polar surface area (TPSA) is 73.7 Å². The minimum absolute atomic E-state index is 0.0790. The molecule has 8 nitrogen and oxygen atoms in total. The summed E-state index contributed by atoms with van der Waals surface area (Å²) in [4.78, 5) is 3.75. The molecule has 42 heavy (non-hydrogen) atoms. The third-order valence-electron chi connectivity index (χ3n) is 7.40. The molecule has 0 spiro atoms. The van der Waals surface area contributed by atoms with Crippen LogP contribution in [0, 0.1) is 5.21 Å². The molecule has 2 N–H and O–H groups in total. The fourth-order valence-corrected chi connectivity index (χ4v) is 5.33. The minimum atomic E-state index is -5.01. The van der Waals surface area contributed by atoms with Crippen LogP contribution in [0.15, 0.2) is 66.2 Å². The summed E-state index contributed by atoms with van der Waals surface area (Å²) in [6.07, 6.45) is -8.21. The van der Waals surface area contributed by atoms with E-state index in [1.54, 1.807) is 35.2 Å². The van der Waals surface area contributed by atoms with Crippen LogP contribution in [0.25, 0.3) is 0 Å². The highest BCUT2D eigenvalue weighted by atomic mass is 19.4. The van der Waals surface area contributed by atoms with Crippen molar-refractivity contribution in [3.63, 3.8) is 0 Å². The Kier molecular flexibility index (Phi) is 8.71. The Bertz CT molecular complexity index is 1290. The molecule has 228 valence electrons. The number of anilines is 1. The highest BCUT2D eigenvalue weighted by Crippen LogP contribution is 2.38. The highest BCUT2D eigenvalue weighted by molar-refractivity contribution is 5.62. The summed E-state index contributed by atoms with van der Waals surface area (Å²) in [5, 5.41) is 16.4. The van der Waals surface area contributed by atoms with Crippen LogP contribution in [0.3, 0.4) is 0 Å². The number of methoxy groups -OCH3 is 1. The molecule has 0 amide bonds. The number of hydroxylamine groups is 2. The molecule has 3 atom stereocenters. The van der Waals surface area contributed by atoms with Gasteiger partial charge in [0.15, 0.2) is 6.23 Å². The number of morpholine rings is 1. The van der Waals surface area contributed by atoms with Crippen molar-refractivity contribution in [2.75, 3.05) is 51.5 Å². The van der Waals surface area contributed by atoms with E-state index in [0.717, 1.165) is 0 Å². The number of halogens is 6. The zero-order valence-corrected chi connectivity index (χ0v) is 22.6. The summed E-state index contributed by atoms with van der Waals surface area (Å²) >= 11 is 0. The summed E-state index contributed by atoms with van der Waals surface area (Å²) < 4.78 is 99.1. The lowest BCUT2D eigenvalue weighted by molar-refractivity contribution is -0.815. The summed E-state index contributed by atoms with van der Waals surface area (Å²) in [5.41, 5.74) is -2.12. The van der Waals surface area contributed by atoms with E-state index in [2.05, 4.69) is 5.32 Å². The van der Waals surface area contributed by atoms with E-state index < -0.39 is 47.2 Å². The van der Waals surface area contributed by atoms with Crippen molar-refractivity contribution in [1.82, 2.24) is 10.2 Å². The molecule has 0 saturated carbocycles. The fourth-order valence-electron chi connectivity index (χ4n) is 5.33. The number of ether oxygens (including phenoxy) is 3. The standard InChI is InChI=1S/C28H30F6N4O4/c1-40-24-5-3-2-4-22(24)37-17-35-16-21-23(14-18-12-19(27(29,30)31)15-20(13-18)28(32,33)34)38(39)7-6-25(42-26(21)37)36-8-10-41-11-9-36/h2-7,12-13,15,23,25,35,38H,8-11,14,16-17H2,1H3/b7-6-. The van der Waals surface area contributed by atoms with Crippen molar-refractivity contribution in [1.29, 1.82) is 0 Å². The Morgan fingerprint density at radius 2 is 1.69 bits per heavy atom. The predicted octanol–water partition coefficient (Wildman–Crippen LogP) is 3.51. The Morgan fingerprint density at radius 1 is 1.02 bits per heavy atom. The minimum Gasteiger partial charge on any atom is -0.629 e. The molecule has 3 aliphatic heterocycles. The second-order valence-electron chi connectivity index (χ2n) is 10.1. The second kappa shape index (κ2) is 12.1. The van der Waals surface area contributed by atoms with E-state index in [4.69, 9.17) is 14.2 Å². The maximum atomic E-state index is 13.6. The van der Waals surface area contributed by atoms with Gasteiger partial charge in [0.25, 0.3) is 0 Å². The van der Waals surface area contributed by atoms with Gasteiger partial charge in [-0.25, -0.2) is 0 Å². The van der Waals surface area contributed by atoms with Gasteiger partial charge in [-0.05, 0) is 35.9 Å². The summed E-state index contributed by atoms with van der Waals surface area (Å²) in [7, 11) is 1.50. The summed E-state index contributed by atoms with van der Waals surface area (Å²) in [5.74, 6) is 0.799. The van der Waals surface area contributed by atoms with Crippen LogP contribution in [0.1, 0.15) is 16.7 Å². The van der Waals surface area contributed by atoms with Crippen molar-refractivity contribution in [3.05, 3.63) is 88.1 Å². The van der Waals surface area contributed by atoms with Gasteiger partial charge in [-0.15, -0.1) is 0 Å². The number of hydrogen-bond acceptors (Lipinski definition) is 7. The van der Waals surface area contributed by atoms with Gasteiger partial charge in [0.1, 0.15) is 11.8 Å². The Morgan fingerprint density at radius 3 is 2.33 bits per heavy atom. The number of quaternary nitrogens is 1. The number of nitrogens with one attached hydrogen (secondary N) is 2. The number of para-hydroxylation sites is 2. The van der Waals surface area contributed by atoms with Gasteiger partial charge in [0.2, 0.25) is 5.88 Å². The average molecular weight is 601 g/mol. The van der Waals surface area contributed by atoms with Crippen LogP contribution in [0.5, 0.6) is 5.75 Å². The summed E-state index contributed by atoms with van der Waals surface area (Å²) in [6, 6.07) is 7.41. The lowest BCUT2D eigenvalue weighted by Crippen LogP contribution is -3.08. The third-order valence-corrected chi connectivity index (χ3v) is 7.40. The van der Waals surface area contributed by atoms with Gasteiger partial charge in [-0.1, -0.05) is 12.1 Å². The fraction of sp³-hybridized carbons (Fsp3) is 0.429. The molecule has 1 fully saturated rings. The van der Waals surface area contributed by atoms with Gasteiger partial charge in [0.05, 0.1) is 55.6 Å². The first kappa shape index (κ1) is 30.2.